The Morgan fingerprint density at radius 2 is 2.06 bits per heavy atom. The van der Waals surface area contributed by atoms with Crippen molar-refractivity contribution in [2.24, 2.45) is 5.92 Å². The van der Waals surface area contributed by atoms with Gasteiger partial charge in [-0.2, -0.15) is 5.26 Å². The average Bonchev–Trinajstić information content (AvgIpc) is 2.22. The SMILES string of the molecule is CC(C)CN(CCC#N)C(=O)CSCC(=O)O. The fraction of sp³-hybridized carbons (Fsp3) is 0.727. The maximum absolute atomic E-state index is 11.8. The lowest BCUT2D eigenvalue weighted by atomic mass is 10.2. The molecule has 0 fully saturated rings. The summed E-state index contributed by atoms with van der Waals surface area (Å²) in [5.74, 6) is -0.596. The molecule has 0 aromatic rings. The molecule has 0 bridgehead atoms. The van der Waals surface area contributed by atoms with Crippen LogP contribution in [-0.2, 0) is 9.59 Å². The van der Waals surface area contributed by atoms with Gasteiger partial charge < -0.3 is 10.0 Å². The van der Waals surface area contributed by atoms with E-state index in [0.717, 1.165) is 11.8 Å². The first-order valence-corrected chi connectivity index (χ1v) is 6.57. The van der Waals surface area contributed by atoms with Crippen LogP contribution in [0.3, 0.4) is 0 Å². The van der Waals surface area contributed by atoms with E-state index in [1.807, 2.05) is 19.9 Å². The smallest absolute Gasteiger partial charge is 0.313 e. The molecule has 96 valence electrons. The fourth-order valence-corrected chi connectivity index (χ4v) is 1.89. The number of aliphatic carboxylic acids is 1. The van der Waals surface area contributed by atoms with Crippen molar-refractivity contribution in [2.75, 3.05) is 24.6 Å². The van der Waals surface area contributed by atoms with Gasteiger partial charge in [0.05, 0.1) is 24.0 Å². The van der Waals surface area contributed by atoms with Gasteiger partial charge in [0.2, 0.25) is 5.91 Å². The minimum atomic E-state index is -0.921. The number of carboxylic acid groups (broad SMARTS) is 1. The van der Waals surface area contributed by atoms with E-state index in [-0.39, 0.29) is 17.4 Å². The standard InChI is InChI=1S/C11H18N2O3S/c1-9(2)6-13(5-3-4-12)10(14)7-17-8-11(15)16/h9H,3,5-8H2,1-2H3,(H,15,16). The molecule has 0 aliphatic heterocycles. The Morgan fingerprint density at radius 1 is 1.41 bits per heavy atom. The van der Waals surface area contributed by atoms with E-state index in [4.69, 9.17) is 10.4 Å². The van der Waals surface area contributed by atoms with Gasteiger partial charge in [0.25, 0.3) is 0 Å². The molecule has 0 spiro atoms. The van der Waals surface area contributed by atoms with Crippen LogP contribution in [0, 0.1) is 17.2 Å². The minimum absolute atomic E-state index is 0.0699. The fourth-order valence-electron chi connectivity index (χ4n) is 1.26. The monoisotopic (exact) mass is 258 g/mol. The molecule has 0 aliphatic rings. The lowest BCUT2D eigenvalue weighted by molar-refractivity contribution is -0.133. The first-order chi connectivity index (χ1) is 7.97. The molecule has 5 nitrogen and oxygen atoms in total. The van der Waals surface area contributed by atoms with E-state index in [1.165, 1.54) is 0 Å². The molecular formula is C11H18N2O3S. The predicted octanol–water partition coefficient (Wildman–Crippen LogP) is 1.20. The molecule has 0 unspecified atom stereocenters. The van der Waals surface area contributed by atoms with Crippen LogP contribution in [0.1, 0.15) is 20.3 Å². The highest BCUT2D eigenvalue weighted by atomic mass is 32.2. The van der Waals surface area contributed by atoms with Crippen LogP contribution >= 0.6 is 11.8 Å². The third kappa shape index (κ3) is 8.57. The molecule has 17 heavy (non-hydrogen) atoms. The van der Waals surface area contributed by atoms with Gasteiger partial charge in [0.1, 0.15) is 0 Å². The second-order valence-corrected chi connectivity index (χ2v) is 5.01. The van der Waals surface area contributed by atoms with Crippen molar-refractivity contribution < 1.29 is 14.7 Å². The van der Waals surface area contributed by atoms with Crippen molar-refractivity contribution >= 4 is 23.6 Å². The van der Waals surface area contributed by atoms with Crippen molar-refractivity contribution in [3.05, 3.63) is 0 Å². The van der Waals surface area contributed by atoms with E-state index in [2.05, 4.69) is 0 Å². The lowest BCUT2D eigenvalue weighted by Crippen LogP contribution is -2.36. The molecule has 6 heteroatoms. The number of carbonyl (C=O) groups is 2. The molecule has 1 amide bonds. The zero-order valence-corrected chi connectivity index (χ0v) is 11.0. The van der Waals surface area contributed by atoms with Crippen molar-refractivity contribution in [1.82, 2.24) is 4.90 Å². The summed E-state index contributed by atoms with van der Waals surface area (Å²) in [6.45, 7) is 5.02. The molecule has 0 radical (unpaired) electrons. The summed E-state index contributed by atoms with van der Waals surface area (Å²) in [4.78, 5) is 23.7. The highest BCUT2D eigenvalue weighted by molar-refractivity contribution is 8.00. The van der Waals surface area contributed by atoms with Gasteiger partial charge in [-0.25, -0.2) is 0 Å². The van der Waals surface area contributed by atoms with E-state index >= 15 is 0 Å². The Bertz CT molecular complexity index is 300. The summed E-state index contributed by atoms with van der Waals surface area (Å²) in [5.41, 5.74) is 0. The van der Waals surface area contributed by atoms with Crippen LogP contribution in [-0.4, -0.2) is 46.5 Å². The molecule has 0 atom stereocenters. The Labute approximate surface area is 106 Å². The van der Waals surface area contributed by atoms with Gasteiger partial charge in [0, 0.05) is 13.1 Å². The number of carboxylic acids is 1. The predicted molar refractivity (Wildman–Crippen MR) is 66.6 cm³/mol. The number of amides is 1. The van der Waals surface area contributed by atoms with E-state index < -0.39 is 5.97 Å². The lowest BCUT2D eigenvalue weighted by Gasteiger charge is -2.23. The number of thioether (sulfide) groups is 1. The zero-order chi connectivity index (χ0) is 13.3. The van der Waals surface area contributed by atoms with Crippen LogP contribution in [0.25, 0.3) is 0 Å². The molecule has 0 heterocycles. The van der Waals surface area contributed by atoms with Crippen molar-refractivity contribution in [1.29, 1.82) is 5.26 Å². The molecule has 0 saturated heterocycles. The third-order valence-corrected chi connectivity index (χ3v) is 2.78. The zero-order valence-electron chi connectivity index (χ0n) is 10.2. The first-order valence-electron chi connectivity index (χ1n) is 5.41. The molecule has 0 aromatic heterocycles. The van der Waals surface area contributed by atoms with Crippen LogP contribution in [0.2, 0.25) is 0 Å². The summed E-state index contributed by atoms with van der Waals surface area (Å²) in [6, 6.07) is 2.01. The molecular weight excluding hydrogens is 240 g/mol. The van der Waals surface area contributed by atoms with Crippen molar-refractivity contribution in [3.8, 4) is 6.07 Å². The maximum Gasteiger partial charge on any atom is 0.313 e. The summed E-state index contributed by atoms with van der Waals surface area (Å²) >= 11 is 1.08. The second-order valence-electron chi connectivity index (χ2n) is 4.03. The Balaban J connectivity index is 4.12. The summed E-state index contributed by atoms with van der Waals surface area (Å²) in [6.07, 6.45) is 0.308. The average molecular weight is 258 g/mol. The number of hydrogen-bond donors (Lipinski definition) is 1. The first kappa shape index (κ1) is 15.8. The molecule has 0 saturated carbocycles. The highest BCUT2D eigenvalue weighted by Gasteiger charge is 2.14. The summed E-state index contributed by atoms with van der Waals surface area (Å²) < 4.78 is 0. The molecule has 0 rings (SSSR count). The number of carbonyl (C=O) groups excluding carboxylic acids is 1. The van der Waals surface area contributed by atoms with Gasteiger partial charge in [-0.15, -0.1) is 11.8 Å². The van der Waals surface area contributed by atoms with Crippen LogP contribution in [0.5, 0.6) is 0 Å². The van der Waals surface area contributed by atoms with E-state index in [9.17, 15) is 9.59 Å². The van der Waals surface area contributed by atoms with Gasteiger partial charge >= 0.3 is 5.97 Å². The maximum atomic E-state index is 11.8. The van der Waals surface area contributed by atoms with Crippen molar-refractivity contribution in [3.63, 3.8) is 0 Å². The van der Waals surface area contributed by atoms with Gasteiger partial charge in [-0.05, 0) is 5.92 Å². The normalized spacial score (nSPS) is 10.0. The Hall–Kier alpha value is -1.22. The van der Waals surface area contributed by atoms with Gasteiger partial charge in [-0.1, -0.05) is 13.8 Å². The summed E-state index contributed by atoms with van der Waals surface area (Å²) in [7, 11) is 0. The molecule has 1 N–H and O–H groups in total. The van der Waals surface area contributed by atoms with Crippen LogP contribution < -0.4 is 0 Å². The van der Waals surface area contributed by atoms with E-state index in [0.29, 0.717) is 25.4 Å². The highest BCUT2D eigenvalue weighted by Crippen LogP contribution is 2.06. The summed E-state index contributed by atoms with van der Waals surface area (Å²) in [5, 5.41) is 17.0. The van der Waals surface area contributed by atoms with Crippen LogP contribution in [0.15, 0.2) is 0 Å². The Morgan fingerprint density at radius 3 is 2.53 bits per heavy atom. The molecule has 0 aromatic carbocycles. The largest absolute Gasteiger partial charge is 0.481 e. The molecule has 0 aliphatic carbocycles. The second kappa shape index (κ2) is 8.88. The topological polar surface area (TPSA) is 81.4 Å². The van der Waals surface area contributed by atoms with Crippen molar-refractivity contribution in [2.45, 2.75) is 20.3 Å². The number of nitrogens with zero attached hydrogens (tertiary/aromatic N) is 2. The minimum Gasteiger partial charge on any atom is -0.481 e. The van der Waals surface area contributed by atoms with Crippen LogP contribution in [0.4, 0.5) is 0 Å². The quantitative estimate of drug-likeness (QED) is 0.707. The number of rotatable bonds is 8. The van der Waals surface area contributed by atoms with Gasteiger partial charge in [0.15, 0.2) is 0 Å². The number of hydrogen-bond acceptors (Lipinski definition) is 4. The third-order valence-electron chi connectivity index (χ3n) is 1.88. The number of nitriles is 1. The van der Waals surface area contributed by atoms with E-state index in [1.54, 1.807) is 4.90 Å². The van der Waals surface area contributed by atoms with Gasteiger partial charge in [-0.3, -0.25) is 9.59 Å². The Kier molecular flexibility index (Phi) is 8.24.